The number of fused-ring (bicyclic) bond motifs is 18. The molecule has 750 valence electrons. The molecule has 6 atom stereocenters. The molecule has 0 spiro atoms. The van der Waals surface area contributed by atoms with Crippen molar-refractivity contribution in [3.05, 3.63) is 260 Å². The van der Waals surface area contributed by atoms with Crippen molar-refractivity contribution in [3.8, 4) is 62.1 Å². The predicted molar refractivity (Wildman–Crippen MR) is 557 cm³/mol. The number of nitrogens with zero attached hydrogens (tertiary/aromatic N) is 18. The number of ether oxygens (including phenoxy) is 2. The van der Waals surface area contributed by atoms with Crippen molar-refractivity contribution in [2.24, 2.45) is 14.1 Å². The summed E-state index contributed by atoms with van der Waals surface area (Å²) in [5.74, 6) is -4.63. The fourth-order valence-electron chi connectivity index (χ4n) is 22.5. The number of amides is 3. The van der Waals surface area contributed by atoms with Crippen LogP contribution in [0.15, 0.2) is 148 Å². The van der Waals surface area contributed by atoms with Crippen LogP contribution in [0.2, 0.25) is 5.02 Å². The van der Waals surface area contributed by atoms with Gasteiger partial charge in [-0.05, 0) is 161 Å². The Morgan fingerprint density at radius 2 is 0.876 bits per heavy atom. The molecule has 145 heavy (non-hydrogen) atoms. The number of carbonyl (C=O) groups excluding carboxylic acids is 3. The number of hydrogen-bond acceptors (Lipinski definition) is 20. The molecule has 31 nitrogen and oxygen atoms in total. The molecule has 0 radical (unpaired) electrons. The number of H-pyrrole nitrogens is 3. The van der Waals surface area contributed by atoms with Crippen LogP contribution < -0.4 is 52.2 Å². The number of pyridine rings is 5. The fraction of sp³-hybridized carbons (Fsp3) is 0.367. The molecule has 0 saturated carbocycles. The molecule has 6 unspecified atom stereocenters. The van der Waals surface area contributed by atoms with Crippen LogP contribution in [0.3, 0.4) is 0 Å². The second kappa shape index (κ2) is 37.5. The Bertz CT molecular complexity index is 8320. The van der Waals surface area contributed by atoms with Crippen LogP contribution >= 0.6 is 11.6 Å². The number of aromatic amines is 3. The summed E-state index contributed by atoms with van der Waals surface area (Å²) in [6.07, 6.45) is 11.0. The van der Waals surface area contributed by atoms with Gasteiger partial charge in [0.1, 0.15) is 30.9 Å². The fourth-order valence-corrected chi connectivity index (χ4v) is 22.7. The van der Waals surface area contributed by atoms with Crippen molar-refractivity contribution in [1.82, 2.24) is 87.4 Å². The van der Waals surface area contributed by atoms with E-state index >= 15 is 27.2 Å². The minimum atomic E-state index is -0.975. The van der Waals surface area contributed by atoms with E-state index in [9.17, 15) is 28.8 Å². The summed E-state index contributed by atoms with van der Waals surface area (Å²) >= 11 is 7.13. The monoisotopic (exact) mass is 1990 g/mol. The highest BCUT2D eigenvalue weighted by Crippen LogP contribution is 2.51. The van der Waals surface area contributed by atoms with Gasteiger partial charge < -0.3 is 53.8 Å². The zero-order valence-electron chi connectivity index (χ0n) is 84.4. The lowest BCUT2D eigenvalue weighted by Crippen LogP contribution is -2.62. The zero-order chi connectivity index (χ0) is 104. The molecule has 3 amide bonds. The van der Waals surface area contributed by atoms with Gasteiger partial charge in [0.15, 0.2) is 17.3 Å². The number of halogens is 5. The van der Waals surface area contributed by atoms with Gasteiger partial charge in [-0.3, -0.25) is 56.6 Å². The summed E-state index contributed by atoms with van der Waals surface area (Å²) in [5.41, 5.74) is 11.2. The number of rotatable bonds is 14. The maximum Gasteiger partial charge on any atom is 0.326 e. The average molecular weight is 1990 g/mol. The molecule has 0 bridgehead atoms. The van der Waals surface area contributed by atoms with Crippen molar-refractivity contribution in [2.75, 3.05) is 67.2 Å². The Labute approximate surface area is 836 Å². The van der Waals surface area contributed by atoms with Gasteiger partial charge in [-0.25, -0.2) is 57.1 Å². The van der Waals surface area contributed by atoms with Crippen LogP contribution in [-0.2, 0) is 34.9 Å². The quantitative estimate of drug-likeness (QED) is 0.0672. The molecule has 3 N–H and O–H groups in total. The number of anilines is 3. The summed E-state index contributed by atoms with van der Waals surface area (Å²) in [6.45, 7) is 46.5. The Kier molecular flexibility index (Phi) is 25.5. The molecule has 36 heteroatoms. The summed E-state index contributed by atoms with van der Waals surface area (Å²) < 4.78 is 89.1. The van der Waals surface area contributed by atoms with Crippen molar-refractivity contribution >= 4 is 112 Å². The summed E-state index contributed by atoms with van der Waals surface area (Å²) in [5, 5.41) is 1.49. The van der Waals surface area contributed by atoms with Crippen molar-refractivity contribution < 1.29 is 41.4 Å². The highest BCUT2D eigenvalue weighted by molar-refractivity contribution is 6.34. The number of piperazine rings is 3. The van der Waals surface area contributed by atoms with Crippen LogP contribution in [0.1, 0.15) is 182 Å². The van der Waals surface area contributed by atoms with Crippen LogP contribution in [0, 0.1) is 51.0 Å². The van der Waals surface area contributed by atoms with Crippen LogP contribution in [-0.4, -0.2) is 194 Å². The zero-order valence-corrected chi connectivity index (χ0v) is 85.1. The van der Waals surface area contributed by atoms with E-state index in [1.54, 1.807) is 77.0 Å². The second-order valence-electron chi connectivity index (χ2n) is 40.3. The molecule has 6 aliphatic rings. The Morgan fingerprint density at radius 1 is 0.455 bits per heavy atom. The molecule has 10 aromatic heterocycles. The summed E-state index contributed by atoms with van der Waals surface area (Å²) in [7, 11) is 3.09. The molecule has 21 rings (SSSR count). The van der Waals surface area contributed by atoms with E-state index in [-0.39, 0.29) is 177 Å². The highest BCUT2D eigenvalue weighted by atomic mass is 35.5. The molecular weight excluding hydrogens is 1870 g/mol. The summed E-state index contributed by atoms with van der Waals surface area (Å²) in [6, 6.07) is 15.7. The molecule has 15 aromatic rings. The van der Waals surface area contributed by atoms with E-state index < -0.39 is 45.8 Å². The number of aryl methyl sites for hydroxylation is 6. The molecule has 5 aromatic carbocycles. The highest BCUT2D eigenvalue weighted by Gasteiger charge is 2.47. The minimum Gasteiger partial charge on any atom is -0.486 e. The number of benzene rings is 5. The molecule has 6 aliphatic heterocycles. The van der Waals surface area contributed by atoms with E-state index in [1.807, 2.05) is 124 Å². The number of imidazole rings is 3. The molecular formula is C109H114ClF4N21O10. The minimum absolute atomic E-state index is 0.0336. The second-order valence-corrected chi connectivity index (χ2v) is 40.8. The van der Waals surface area contributed by atoms with Gasteiger partial charge in [0.25, 0.3) is 11.1 Å². The Hall–Kier alpha value is -15.2. The standard InChI is InChI=1S/C38H41F2N7O4.C37H39F2N7O3.C34H34ClN7O3/c1-9-26(48)45-16-22-12-13-51-36-33(46(22)15-21(45)7)23-14-24(39)28(27-20(6)10-11-25-34(27)44(8)38(50)43-25)29(40)32(23)47(37(36)49)35-30(18(2)3)41-17-42-31(35)19(4)5;1-9-26(47)44-15-21-12-23-32(45(21)14-20(44)7)22-13-24(38)28(27-19(6)10-11-25-34(27)43(8)37(49)42-25)29(39)33(22)46(36(23)48)35-30(17(2)3)40-16-41-31(35)18(4)5;1-7-25(43)40-14-21-15-45-32-31(41(21)13-20(40)6)22-12-23(35)28(26-18(4)8-9-24-29(26)38-16-37-24)39-33(22)42(34(32)44)30-19(5)10-11-36-27(30)17(2)3/h9-11,14,17-19,21-22H,1,12-13,15-16H2,2-8H3,(H,43,50);9-11,13,16-18,20-21H,1,12,14-15H2,2-8H3,(H,42,49);7-12,16-17,20-21H,1,13-15H2,2-6H3,(H,37,38). The van der Waals surface area contributed by atoms with E-state index in [0.717, 1.165) is 33.4 Å². The lowest BCUT2D eigenvalue weighted by atomic mass is 9.94. The van der Waals surface area contributed by atoms with Gasteiger partial charge >= 0.3 is 16.9 Å². The van der Waals surface area contributed by atoms with E-state index in [0.29, 0.717) is 151 Å². The first-order chi connectivity index (χ1) is 69.1. The smallest absolute Gasteiger partial charge is 0.326 e. The first-order valence-corrected chi connectivity index (χ1v) is 49.3. The van der Waals surface area contributed by atoms with Gasteiger partial charge in [0, 0.05) is 129 Å². The van der Waals surface area contributed by atoms with Crippen LogP contribution in [0.25, 0.3) is 117 Å². The summed E-state index contributed by atoms with van der Waals surface area (Å²) in [4.78, 5) is 161. The number of aromatic nitrogens is 15. The Morgan fingerprint density at radius 3 is 1.37 bits per heavy atom. The van der Waals surface area contributed by atoms with Gasteiger partial charge in [-0.15, -0.1) is 0 Å². The normalized spacial score (nSPS) is 17.6. The first-order valence-electron chi connectivity index (χ1n) is 48.9. The van der Waals surface area contributed by atoms with Crippen LogP contribution in [0.5, 0.6) is 11.5 Å². The van der Waals surface area contributed by atoms with Gasteiger partial charge in [0.05, 0.1) is 160 Å². The van der Waals surface area contributed by atoms with Crippen molar-refractivity contribution in [2.45, 2.75) is 196 Å². The van der Waals surface area contributed by atoms with Gasteiger partial charge in [-0.1, -0.05) is 119 Å². The van der Waals surface area contributed by atoms with Crippen molar-refractivity contribution in [1.29, 1.82) is 0 Å². The lowest BCUT2D eigenvalue weighted by Gasteiger charge is -2.48. The van der Waals surface area contributed by atoms with Gasteiger partial charge in [-0.2, -0.15) is 0 Å². The first kappa shape index (κ1) is 98.6. The van der Waals surface area contributed by atoms with E-state index in [1.165, 1.54) is 68.3 Å². The molecule has 3 fully saturated rings. The van der Waals surface area contributed by atoms with Gasteiger partial charge in [0.2, 0.25) is 29.2 Å². The average Bonchev–Trinajstić information content (AvgIpc) is 1.67. The number of nitrogens with one attached hydrogen (secondary N) is 3. The maximum absolute atomic E-state index is 18.0. The maximum atomic E-state index is 18.0. The van der Waals surface area contributed by atoms with E-state index in [4.69, 9.17) is 31.0 Å². The largest absolute Gasteiger partial charge is 0.486 e. The third-order valence-electron chi connectivity index (χ3n) is 29.4. The SMILES string of the molecule is C=CC(=O)N1CC2CCOc3c(c4cc(F)c(-c5c(C)ccc6[nH]c(=O)n(C)c56)c(F)c4n(-c4c(C(C)C)ncnc4C(C)C)c3=O)N2CC1C.C=CC(=O)N1CC2COc3c(c4cc(Cl)c(-c5c(C)ccc6[nH]cnc56)nc4n(-c4c(C)ccnc4C(C)C)c3=O)N2CC1C.C=CC(=O)N1CC2Cc3c(c4cc(F)c(-c5c(C)ccc6[nH]c(=O)n(C)c56)c(F)c4n(-c4c(C(C)C)ncnc4C(C)C)c3=O)N2CC1C. The van der Waals surface area contributed by atoms with E-state index in [2.05, 4.69) is 78.4 Å². The lowest BCUT2D eigenvalue weighted by molar-refractivity contribution is -0.129. The number of carbonyl (C=O) groups is 3. The molecule has 3 saturated heterocycles. The van der Waals surface area contributed by atoms with Crippen LogP contribution in [0.4, 0.5) is 34.6 Å². The predicted octanol–water partition coefficient (Wildman–Crippen LogP) is 17.1. The Balaban J connectivity index is 0.000000138. The third-order valence-corrected chi connectivity index (χ3v) is 29.7. The topological polar surface area (TPSA) is 337 Å². The van der Waals surface area contributed by atoms with Crippen molar-refractivity contribution in [3.63, 3.8) is 0 Å². The molecule has 16 heterocycles. The third kappa shape index (κ3) is 15.9. The number of hydrogen-bond donors (Lipinski definition) is 3. The molecule has 0 aliphatic carbocycles.